The van der Waals surface area contributed by atoms with Gasteiger partial charge in [0.1, 0.15) is 5.84 Å². The number of rotatable bonds is 2. The number of aliphatic imine (C=N–C) groups is 1. The van der Waals surface area contributed by atoms with Crippen LogP contribution in [-0.2, 0) is 0 Å². The number of hydrogen-bond acceptors (Lipinski definition) is 1. The van der Waals surface area contributed by atoms with Crippen LogP contribution in [0.25, 0.3) is 0 Å². The Hall–Kier alpha value is -0.830. The molecule has 0 atom stereocenters. The van der Waals surface area contributed by atoms with Gasteiger partial charge in [0.15, 0.2) is 0 Å². The molecule has 0 radical (unpaired) electrons. The highest BCUT2D eigenvalue weighted by Crippen LogP contribution is 2.18. The Morgan fingerprint density at radius 2 is 2.15 bits per heavy atom. The molecule has 0 spiro atoms. The van der Waals surface area contributed by atoms with Crippen LogP contribution in [0.2, 0.25) is 0 Å². The highest BCUT2D eigenvalue weighted by Gasteiger charge is 1.99. The van der Waals surface area contributed by atoms with E-state index in [0.717, 1.165) is 10.2 Å². The molecule has 0 aliphatic rings. The average Bonchev–Trinajstić information content (AvgIpc) is 2.04. The summed E-state index contributed by atoms with van der Waals surface area (Å²) in [6, 6.07) is 7.77. The van der Waals surface area contributed by atoms with E-state index in [9.17, 15) is 0 Å². The summed E-state index contributed by atoms with van der Waals surface area (Å²) in [7, 11) is 0. The second-order valence-corrected chi connectivity index (χ2v) is 4.09. The van der Waals surface area contributed by atoms with E-state index in [1.54, 1.807) is 0 Å². The topological polar surface area (TPSA) is 38.4 Å². The summed E-state index contributed by atoms with van der Waals surface area (Å²) in [4.78, 5) is 4.28. The van der Waals surface area contributed by atoms with E-state index in [2.05, 4.69) is 20.9 Å². The zero-order valence-electron chi connectivity index (χ0n) is 7.79. The van der Waals surface area contributed by atoms with Crippen LogP contribution in [0.3, 0.4) is 0 Å². The molecule has 1 rings (SSSR count). The Labute approximate surface area is 87.0 Å². The van der Waals surface area contributed by atoms with Gasteiger partial charge >= 0.3 is 0 Å². The monoisotopic (exact) mass is 240 g/mol. The van der Waals surface area contributed by atoms with Gasteiger partial charge in [-0.1, -0.05) is 35.8 Å². The summed E-state index contributed by atoms with van der Waals surface area (Å²) in [5, 5.41) is 0. The van der Waals surface area contributed by atoms with Crippen molar-refractivity contribution < 1.29 is 0 Å². The Kier molecular flexibility index (Phi) is 3.48. The van der Waals surface area contributed by atoms with Crippen molar-refractivity contribution in [1.29, 1.82) is 0 Å². The summed E-state index contributed by atoms with van der Waals surface area (Å²) in [6.07, 6.45) is 0. The number of amidine groups is 1. The number of halogens is 1. The van der Waals surface area contributed by atoms with Crippen LogP contribution in [0.5, 0.6) is 0 Å². The lowest BCUT2D eigenvalue weighted by Crippen LogP contribution is -2.17. The maximum absolute atomic E-state index is 5.73. The lowest BCUT2D eigenvalue weighted by molar-refractivity contribution is 0.873. The van der Waals surface area contributed by atoms with Crippen LogP contribution in [0.4, 0.5) is 5.69 Å². The number of nitrogens with two attached hydrogens (primary N) is 1. The molecule has 0 aromatic heterocycles. The summed E-state index contributed by atoms with van der Waals surface area (Å²) in [5.74, 6) is 0.956. The van der Waals surface area contributed by atoms with Crippen molar-refractivity contribution in [2.24, 2.45) is 16.6 Å². The predicted molar refractivity (Wildman–Crippen MR) is 60.3 cm³/mol. The minimum Gasteiger partial charge on any atom is -0.387 e. The van der Waals surface area contributed by atoms with Crippen LogP contribution in [0.15, 0.2) is 33.7 Å². The van der Waals surface area contributed by atoms with Gasteiger partial charge in [0.2, 0.25) is 0 Å². The molecule has 2 nitrogen and oxygen atoms in total. The number of benzene rings is 1. The third kappa shape index (κ3) is 3.19. The molecule has 13 heavy (non-hydrogen) atoms. The van der Waals surface area contributed by atoms with E-state index in [4.69, 9.17) is 5.73 Å². The van der Waals surface area contributed by atoms with Gasteiger partial charge in [-0.3, -0.25) is 0 Å². The molecule has 0 fully saturated rings. The molecule has 2 N–H and O–H groups in total. The average molecular weight is 241 g/mol. The normalized spacial score (nSPS) is 12.2. The fourth-order valence-corrected chi connectivity index (χ4v) is 1.21. The van der Waals surface area contributed by atoms with Gasteiger partial charge in [-0.2, -0.15) is 0 Å². The SMILES string of the molecule is CC(C)C(N)=Nc1cccc(Br)c1. The van der Waals surface area contributed by atoms with E-state index in [-0.39, 0.29) is 0 Å². The minimum absolute atomic E-state index is 0.291. The number of nitrogens with zero attached hydrogens (tertiary/aromatic N) is 1. The minimum atomic E-state index is 0.291. The molecule has 1 aromatic carbocycles. The van der Waals surface area contributed by atoms with Crippen molar-refractivity contribution in [2.75, 3.05) is 0 Å². The Morgan fingerprint density at radius 3 is 2.69 bits per heavy atom. The molecule has 0 saturated heterocycles. The van der Waals surface area contributed by atoms with Gasteiger partial charge in [0.05, 0.1) is 5.69 Å². The zero-order chi connectivity index (χ0) is 9.84. The summed E-state index contributed by atoms with van der Waals surface area (Å²) in [5.41, 5.74) is 6.62. The molecule has 1 aromatic rings. The van der Waals surface area contributed by atoms with E-state index in [1.165, 1.54) is 0 Å². The molecule has 0 unspecified atom stereocenters. The summed E-state index contributed by atoms with van der Waals surface area (Å²) in [6.45, 7) is 4.05. The standard InChI is InChI=1S/C10H13BrN2/c1-7(2)10(12)13-9-5-3-4-8(11)6-9/h3-7H,1-2H3,(H2,12,13). The largest absolute Gasteiger partial charge is 0.387 e. The lowest BCUT2D eigenvalue weighted by Gasteiger charge is -2.03. The molecular formula is C10H13BrN2. The predicted octanol–water partition coefficient (Wildman–Crippen LogP) is 3.09. The highest BCUT2D eigenvalue weighted by atomic mass is 79.9. The van der Waals surface area contributed by atoms with E-state index in [1.807, 2.05) is 38.1 Å². The summed E-state index contributed by atoms with van der Waals surface area (Å²) < 4.78 is 1.02. The maximum atomic E-state index is 5.73. The van der Waals surface area contributed by atoms with Crippen LogP contribution < -0.4 is 5.73 Å². The molecule has 0 amide bonds. The van der Waals surface area contributed by atoms with Crippen molar-refractivity contribution >= 4 is 27.5 Å². The van der Waals surface area contributed by atoms with Crippen LogP contribution >= 0.6 is 15.9 Å². The Balaban J connectivity index is 2.91. The zero-order valence-corrected chi connectivity index (χ0v) is 9.38. The maximum Gasteiger partial charge on any atom is 0.102 e. The summed E-state index contributed by atoms with van der Waals surface area (Å²) >= 11 is 3.38. The molecule has 0 bridgehead atoms. The van der Waals surface area contributed by atoms with E-state index >= 15 is 0 Å². The first-order valence-corrected chi connectivity index (χ1v) is 4.98. The first-order chi connectivity index (χ1) is 6.09. The van der Waals surface area contributed by atoms with Crippen LogP contribution in [0, 0.1) is 5.92 Å². The smallest absolute Gasteiger partial charge is 0.102 e. The second kappa shape index (κ2) is 4.42. The van der Waals surface area contributed by atoms with Crippen molar-refractivity contribution in [3.05, 3.63) is 28.7 Å². The van der Waals surface area contributed by atoms with Gasteiger partial charge in [-0.15, -0.1) is 0 Å². The van der Waals surface area contributed by atoms with E-state index in [0.29, 0.717) is 11.8 Å². The third-order valence-electron chi connectivity index (χ3n) is 1.66. The van der Waals surface area contributed by atoms with Gasteiger partial charge in [-0.25, -0.2) is 4.99 Å². The fraction of sp³-hybridized carbons (Fsp3) is 0.300. The highest BCUT2D eigenvalue weighted by molar-refractivity contribution is 9.10. The van der Waals surface area contributed by atoms with Gasteiger partial charge in [0.25, 0.3) is 0 Å². The first-order valence-electron chi connectivity index (χ1n) is 4.19. The van der Waals surface area contributed by atoms with E-state index < -0.39 is 0 Å². The van der Waals surface area contributed by atoms with Crippen LogP contribution in [0.1, 0.15) is 13.8 Å². The molecular weight excluding hydrogens is 228 g/mol. The third-order valence-corrected chi connectivity index (χ3v) is 2.15. The second-order valence-electron chi connectivity index (χ2n) is 3.17. The molecule has 0 aliphatic heterocycles. The van der Waals surface area contributed by atoms with Crippen molar-refractivity contribution in [2.45, 2.75) is 13.8 Å². The van der Waals surface area contributed by atoms with Crippen molar-refractivity contribution in [1.82, 2.24) is 0 Å². The quantitative estimate of drug-likeness (QED) is 0.627. The molecule has 70 valence electrons. The van der Waals surface area contributed by atoms with Crippen molar-refractivity contribution in [3.8, 4) is 0 Å². The number of hydrogen-bond donors (Lipinski definition) is 1. The lowest BCUT2D eigenvalue weighted by atomic mass is 10.2. The molecule has 0 saturated carbocycles. The Bertz CT molecular complexity index is 318. The fourth-order valence-electron chi connectivity index (χ4n) is 0.824. The molecule has 0 heterocycles. The van der Waals surface area contributed by atoms with Gasteiger partial charge in [0, 0.05) is 10.4 Å². The molecule has 3 heteroatoms. The Morgan fingerprint density at radius 1 is 1.46 bits per heavy atom. The van der Waals surface area contributed by atoms with Gasteiger partial charge in [-0.05, 0) is 18.2 Å². The van der Waals surface area contributed by atoms with Gasteiger partial charge < -0.3 is 5.73 Å². The molecule has 0 aliphatic carbocycles. The van der Waals surface area contributed by atoms with Crippen molar-refractivity contribution in [3.63, 3.8) is 0 Å². The first kappa shape index (κ1) is 10.3. The van der Waals surface area contributed by atoms with Crippen LogP contribution in [-0.4, -0.2) is 5.84 Å².